The van der Waals surface area contributed by atoms with Crippen LogP contribution >= 0.6 is 0 Å². The number of aromatic nitrogens is 2. The second-order valence-electron chi connectivity index (χ2n) is 7.02. The van der Waals surface area contributed by atoms with Gasteiger partial charge in [0.15, 0.2) is 0 Å². The van der Waals surface area contributed by atoms with Crippen LogP contribution < -0.4 is 0 Å². The van der Waals surface area contributed by atoms with Gasteiger partial charge in [-0.2, -0.15) is 0 Å². The lowest BCUT2D eigenvalue weighted by Gasteiger charge is -2.13. The highest BCUT2D eigenvalue weighted by atomic mass is 16.7. The van der Waals surface area contributed by atoms with E-state index in [0.717, 1.165) is 42.0 Å². The van der Waals surface area contributed by atoms with Crippen LogP contribution in [0.1, 0.15) is 45.1 Å². The van der Waals surface area contributed by atoms with Crippen LogP contribution in [0.15, 0.2) is 66.3 Å². The zero-order valence-electron chi connectivity index (χ0n) is 16.5. The number of rotatable bonds is 9. The number of hydrogen-bond acceptors (Lipinski definition) is 4. The number of fused-ring (bicyclic) bond motifs is 1. The molecule has 0 aliphatic heterocycles. The molecular formula is C23H27N3O2. The van der Waals surface area contributed by atoms with Crippen molar-refractivity contribution in [3.63, 3.8) is 0 Å². The Hall–Kier alpha value is -2.95. The van der Waals surface area contributed by atoms with Gasteiger partial charge >= 0.3 is 5.97 Å². The molecule has 146 valence electrons. The molecule has 0 saturated carbocycles. The predicted octanol–water partition coefficient (Wildman–Crippen LogP) is 5.20. The molecule has 28 heavy (non-hydrogen) atoms. The van der Waals surface area contributed by atoms with Crippen molar-refractivity contribution in [2.24, 2.45) is 11.1 Å². The van der Waals surface area contributed by atoms with Gasteiger partial charge in [0.1, 0.15) is 5.71 Å². The standard InChI is InChI=1S/C23H27N3O2/c1-3-7-19(8-4-2)23(27)28-25-22(16-26-14-13-24-17-26)21-12-11-18-9-5-6-10-20(18)15-21/h5-6,9-15,17,19H,3-4,7-8,16H2,1-2H3/b25-22-. The van der Waals surface area contributed by atoms with Gasteiger partial charge in [0.25, 0.3) is 0 Å². The largest absolute Gasteiger partial charge is 0.338 e. The molecule has 0 fully saturated rings. The van der Waals surface area contributed by atoms with E-state index in [-0.39, 0.29) is 11.9 Å². The molecule has 2 aromatic carbocycles. The van der Waals surface area contributed by atoms with Crippen molar-refractivity contribution in [2.45, 2.75) is 46.1 Å². The lowest BCUT2D eigenvalue weighted by atomic mass is 9.99. The Labute approximate surface area is 166 Å². The van der Waals surface area contributed by atoms with Crippen molar-refractivity contribution in [3.05, 3.63) is 66.7 Å². The Bertz CT molecular complexity index is 926. The number of carbonyl (C=O) groups is 1. The third-order valence-corrected chi connectivity index (χ3v) is 4.83. The van der Waals surface area contributed by atoms with Crippen LogP contribution in [0.4, 0.5) is 0 Å². The highest BCUT2D eigenvalue weighted by Gasteiger charge is 2.19. The monoisotopic (exact) mass is 377 g/mol. The average Bonchev–Trinajstić information content (AvgIpc) is 3.23. The van der Waals surface area contributed by atoms with Crippen LogP contribution in [-0.4, -0.2) is 21.2 Å². The zero-order valence-corrected chi connectivity index (χ0v) is 16.5. The van der Waals surface area contributed by atoms with Gasteiger partial charge in [-0.3, -0.25) is 0 Å². The smallest absolute Gasteiger partial charge is 0.331 e. The second kappa shape index (κ2) is 9.83. The summed E-state index contributed by atoms with van der Waals surface area (Å²) in [5, 5.41) is 6.57. The minimum absolute atomic E-state index is 0.0927. The third-order valence-electron chi connectivity index (χ3n) is 4.83. The molecule has 0 aliphatic rings. The SMILES string of the molecule is CCCC(CCC)C(=O)O/N=C(/Cn1ccnc1)c1ccc2ccccc2c1. The van der Waals surface area contributed by atoms with E-state index in [0.29, 0.717) is 12.3 Å². The zero-order chi connectivity index (χ0) is 19.8. The third kappa shape index (κ3) is 5.06. The van der Waals surface area contributed by atoms with E-state index in [1.165, 1.54) is 0 Å². The molecule has 1 aromatic heterocycles. The van der Waals surface area contributed by atoms with E-state index in [9.17, 15) is 4.79 Å². The van der Waals surface area contributed by atoms with Crippen molar-refractivity contribution in [2.75, 3.05) is 0 Å². The Morgan fingerprint density at radius 1 is 1.11 bits per heavy atom. The fraction of sp³-hybridized carbons (Fsp3) is 0.348. The molecule has 5 nitrogen and oxygen atoms in total. The minimum Gasteiger partial charge on any atom is -0.331 e. The van der Waals surface area contributed by atoms with Crippen molar-refractivity contribution >= 4 is 22.5 Å². The Balaban J connectivity index is 1.87. The minimum atomic E-state index is -0.243. The number of imidazole rings is 1. The lowest BCUT2D eigenvalue weighted by Crippen LogP contribution is -2.18. The van der Waals surface area contributed by atoms with Crippen LogP contribution in [0, 0.1) is 5.92 Å². The Kier molecular flexibility index (Phi) is 6.95. The molecule has 0 unspecified atom stereocenters. The van der Waals surface area contributed by atoms with Crippen LogP contribution in [0.3, 0.4) is 0 Å². The van der Waals surface area contributed by atoms with E-state index in [1.54, 1.807) is 12.5 Å². The number of hydrogen-bond donors (Lipinski definition) is 0. The second-order valence-corrected chi connectivity index (χ2v) is 7.02. The van der Waals surface area contributed by atoms with Crippen LogP contribution in [0.2, 0.25) is 0 Å². The van der Waals surface area contributed by atoms with E-state index in [4.69, 9.17) is 4.84 Å². The summed E-state index contributed by atoms with van der Waals surface area (Å²) in [5.74, 6) is -0.336. The van der Waals surface area contributed by atoms with E-state index in [2.05, 4.69) is 48.3 Å². The van der Waals surface area contributed by atoms with E-state index in [1.807, 2.05) is 29.0 Å². The molecule has 0 radical (unpaired) electrons. The molecule has 0 saturated heterocycles. The topological polar surface area (TPSA) is 56.5 Å². The maximum absolute atomic E-state index is 12.5. The highest BCUT2D eigenvalue weighted by Crippen LogP contribution is 2.18. The molecule has 0 spiro atoms. The first-order valence-corrected chi connectivity index (χ1v) is 9.94. The summed E-state index contributed by atoms with van der Waals surface area (Å²) in [6.45, 7) is 4.65. The molecule has 0 bridgehead atoms. The molecular weight excluding hydrogens is 350 g/mol. The van der Waals surface area contributed by atoms with Gasteiger partial charge in [0, 0.05) is 18.0 Å². The molecule has 1 heterocycles. The molecule has 0 atom stereocenters. The number of carbonyl (C=O) groups excluding carboxylic acids is 1. The number of benzene rings is 2. The molecule has 0 amide bonds. The van der Waals surface area contributed by atoms with Crippen LogP contribution in [0.5, 0.6) is 0 Å². The van der Waals surface area contributed by atoms with Crippen LogP contribution in [0.25, 0.3) is 10.8 Å². The highest BCUT2D eigenvalue weighted by molar-refractivity contribution is 6.03. The summed E-state index contributed by atoms with van der Waals surface area (Å²) in [7, 11) is 0. The normalized spacial score (nSPS) is 11.9. The Morgan fingerprint density at radius 3 is 2.54 bits per heavy atom. The molecule has 3 rings (SSSR count). The van der Waals surface area contributed by atoms with Crippen LogP contribution in [-0.2, 0) is 16.2 Å². The summed E-state index contributed by atoms with van der Waals surface area (Å²) in [6.07, 6.45) is 8.89. The summed E-state index contributed by atoms with van der Waals surface area (Å²) in [5.41, 5.74) is 1.63. The number of nitrogens with zero attached hydrogens (tertiary/aromatic N) is 3. The summed E-state index contributed by atoms with van der Waals surface area (Å²) >= 11 is 0. The van der Waals surface area contributed by atoms with Crippen molar-refractivity contribution in [3.8, 4) is 0 Å². The molecule has 3 aromatic rings. The van der Waals surface area contributed by atoms with Gasteiger partial charge in [-0.15, -0.1) is 0 Å². The van der Waals surface area contributed by atoms with Gasteiger partial charge in [-0.25, -0.2) is 9.78 Å². The fourth-order valence-corrected chi connectivity index (χ4v) is 3.35. The van der Waals surface area contributed by atoms with Gasteiger partial charge in [-0.05, 0) is 29.7 Å². The van der Waals surface area contributed by atoms with Crippen molar-refractivity contribution < 1.29 is 9.63 Å². The summed E-state index contributed by atoms with van der Waals surface area (Å²) < 4.78 is 1.91. The summed E-state index contributed by atoms with van der Waals surface area (Å²) in [4.78, 5) is 22.0. The first-order chi connectivity index (χ1) is 13.7. The first-order valence-electron chi connectivity index (χ1n) is 9.94. The van der Waals surface area contributed by atoms with Gasteiger partial charge in [-0.1, -0.05) is 68.2 Å². The van der Waals surface area contributed by atoms with Gasteiger partial charge in [0.05, 0.1) is 18.8 Å². The van der Waals surface area contributed by atoms with Crippen molar-refractivity contribution in [1.82, 2.24) is 9.55 Å². The van der Waals surface area contributed by atoms with Gasteiger partial charge < -0.3 is 9.40 Å². The lowest BCUT2D eigenvalue weighted by molar-refractivity contribution is -0.149. The Morgan fingerprint density at radius 2 is 1.86 bits per heavy atom. The number of oxime groups is 1. The quantitative estimate of drug-likeness (QED) is 0.292. The maximum Gasteiger partial charge on any atom is 0.338 e. The maximum atomic E-state index is 12.5. The molecule has 0 aliphatic carbocycles. The average molecular weight is 377 g/mol. The molecule has 5 heteroatoms. The summed E-state index contributed by atoms with van der Waals surface area (Å²) in [6, 6.07) is 14.3. The van der Waals surface area contributed by atoms with E-state index >= 15 is 0 Å². The first kappa shape index (κ1) is 19.8. The molecule has 0 N–H and O–H groups in total. The van der Waals surface area contributed by atoms with Crippen molar-refractivity contribution in [1.29, 1.82) is 0 Å². The fourth-order valence-electron chi connectivity index (χ4n) is 3.35. The predicted molar refractivity (Wildman–Crippen MR) is 112 cm³/mol. The van der Waals surface area contributed by atoms with E-state index < -0.39 is 0 Å². The van der Waals surface area contributed by atoms with Gasteiger partial charge in [0.2, 0.25) is 0 Å².